The summed E-state index contributed by atoms with van der Waals surface area (Å²) in [7, 11) is 0. The van der Waals surface area contributed by atoms with Crippen molar-refractivity contribution in [2.75, 3.05) is 18.4 Å². The van der Waals surface area contributed by atoms with E-state index in [0.717, 1.165) is 12.8 Å². The molecule has 1 aliphatic rings. The number of halogens is 1. The van der Waals surface area contributed by atoms with Crippen molar-refractivity contribution in [3.8, 4) is 0 Å². The highest BCUT2D eigenvalue weighted by Gasteiger charge is 2.42. The fourth-order valence-corrected chi connectivity index (χ4v) is 2.29. The Kier molecular flexibility index (Phi) is 3.78. The van der Waals surface area contributed by atoms with Crippen molar-refractivity contribution in [1.82, 2.24) is 4.90 Å². The van der Waals surface area contributed by atoms with E-state index >= 15 is 0 Å². The summed E-state index contributed by atoms with van der Waals surface area (Å²) >= 11 is 5.77. The molecule has 0 spiro atoms. The summed E-state index contributed by atoms with van der Waals surface area (Å²) in [6.45, 7) is 2.83. The number of β-amino-alcohol motifs (C(OH)–C–C–N with tert-alkyl or cyclic N) is 1. The van der Waals surface area contributed by atoms with Gasteiger partial charge >= 0.3 is 6.03 Å². The lowest BCUT2D eigenvalue weighted by Gasteiger charge is -2.46. The number of urea groups is 1. The predicted molar refractivity (Wildman–Crippen MR) is 71.9 cm³/mol. The van der Waals surface area contributed by atoms with E-state index < -0.39 is 5.60 Å². The zero-order chi connectivity index (χ0) is 13.2. The number of hydrogen-bond acceptors (Lipinski definition) is 2. The maximum atomic E-state index is 11.8. The van der Waals surface area contributed by atoms with Gasteiger partial charge < -0.3 is 15.3 Å². The summed E-state index contributed by atoms with van der Waals surface area (Å²) in [5, 5.41) is 13.4. The third-order valence-corrected chi connectivity index (χ3v) is 3.32. The van der Waals surface area contributed by atoms with Gasteiger partial charge in [0.05, 0.1) is 18.7 Å². The normalized spacial score (nSPS) is 17.2. The van der Waals surface area contributed by atoms with Gasteiger partial charge in [0.1, 0.15) is 0 Å². The van der Waals surface area contributed by atoms with E-state index in [2.05, 4.69) is 5.32 Å². The number of rotatable bonds is 3. The summed E-state index contributed by atoms with van der Waals surface area (Å²) in [5.41, 5.74) is 0.0156. The van der Waals surface area contributed by atoms with Crippen LogP contribution < -0.4 is 5.32 Å². The first-order valence-electron chi connectivity index (χ1n) is 6.06. The number of benzene rings is 1. The first kappa shape index (κ1) is 13.2. The molecule has 2 N–H and O–H groups in total. The van der Waals surface area contributed by atoms with E-state index in [4.69, 9.17) is 11.6 Å². The van der Waals surface area contributed by atoms with Crippen molar-refractivity contribution in [2.24, 2.45) is 0 Å². The Morgan fingerprint density at radius 1 is 1.44 bits per heavy atom. The van der Waals surface area contributed by atoms with Crippen LogP contribution in [0.15, 0.2) is 24.3 Å². The van der Waals surface area contributed by atoms with Crippen LogP contribution in [0.5, 0.6) is 0 Å². The van der Waals surface area contributed by atoms with Gasteiger partial charge in [-0.05, 0) is 30.7 Å². The number of amides is 2. The lowest BCUT2D eigenvalue weighted by atomic mass is 9.90. The number of aliphatic hydroxyl groups is 1. The smallest absolute Gasteiger partial charge is 0.322 e. The molecular weight excluding hydrogens is 252 g/mol. The van der Waals surface area contributed by atoms with Crippen LogP contribution in [-0.4, -0.2) is 34.7 Å². The van der Waals surface area contributed by atoms with Crippen LogP contribution in [0.1, 0.15) is 19.8 Å². The van der Waals surface area contributed by atoms with Crippen LogP contribution >= 0.6 is 11.6 Å². The molecule has 18 heavy (non-hydrogen) atoms. The Bertz CT molecular complexity index is 427. The van der Waals surface area contributed by atoms with Crippen molar-refractivity contribution in [2.45, 2.75) is 25.4 Å². The predicted octanol–water partition coefficient (Wildman–Crippen LogP) is 2.72. The lowest BCUT2D eigenvalue weighted by Crippen LogP contribution is -2.64. The first-order chi connectivity index (χ1) is 8.52. The molecule has 4 nitrogen and oxygen atoms in total. The van der Waals surface area contributed by atoms with Crippen molar-refractivity contribution in [3.05, 3.63) is 29.3 Å². The largest absolute Gasteiger partial charge is 0.386 e. The second-order valence-corrected chi connectivity index (χ2v) is 5.20. The number of nitrogens with zero attached hydrogens (tertiary/aromatic N) is 1. The molecule has 1 aromatic carbocycles. The van der Waals surface area contributed by atoms with Gasteiger partial charge in [-0.3, -0.25) is 0 Å². The molecule has 5 heteroatoms. The monoisotopic (exact) mass is 268 g/mol. The number of anilines is 1. The third kappa shape index (κ3) is 2.94. The van der Waals surface area contributed by atoms with E-state index in [9.17, 15) is 9.90 Å². The molecule has 1 saturated heterocycles. The van der Waals surface area contributed by atoms with Gasteiger partial charge in [-0.15, -0.1) is 0 Å². The van der Waals surface area contributed by atoms with Crippen LogP contribution in [0, 0.1) is 0 Å². The summed E-state index contributed by atoms with van der Waals surface area (Å²) in [4.78, 5) is 13.4. The van der Waals surface area contributed by atoms with Crippen molar-refractivity contribution >= 4 is 23.3 Å². The summed E-state index contributed by atoms with van der Waals surface area (Å²) < 4.78 is 0. The Morgan fingerprint density at radius 2 is 2.06 bits per heavy atom. The van der Waals surface area contributed by atoms with Crippen molar-refractivity contribution in [1.29, 1.82) is 0 Å². The summed E-state index contributed by atoms with van der Waals surface area (Å²) in [6, 6.07) is 6.76. The van der Waals surface area contributed by atoms with E-state index in [-0.39, 0.29) is 6.03 Å². The SMILES string of the molecule is CCCC1(O)CN(C(=O)Nc2ccc(Cl)cc2)C1. The number of carbonyl (C=O) groups is 1. The van der Waals surface area contributed by atoms with Gasteiger partial charge in [-0.25, -0.2) is 4.79 Å². The van der Waals surface area contributed by atoms with E-state index in [1.165, 1.54) is 0 Å². The van der Waals surface area contributed by atoms with Crippen molar-refractivity contribution < 1.29 is 9.90 Å². The summed E-state index contributed by atoms with van der Waals surface area (Å²) in [6.07, 6.45) is 1.65. The average molecular weight is 269 g/mol. The molecule has 1 heterocycles. The highest BCUT2D eigenvalue weighted by atomic mass is 35.5. The van der Waals surface area contributed by atoms with Crippen LogP contribution in [0.2, 0.25) is 5.02 Å². The molecule has 2 amide bonds. The minimum absolute atomic E-state index is 0.182. The van der Waals surface area contributed by atoms with E-state index in [0.29, 0.717) is 23.8 Å². The molecule has 0 aromatic heterocycles. The second-order valence-electron chi connectivity index (χ2n) is 4.77. The van der Waals surface area contributed by atoms with Gasteiger partial charge in [-0.2, -0.15) is 0 Å². The molecule has 1 aliphatic heterocycles. The minimum atomic E-state index is -0.688. The van der Waals surface area contributed by atoms with E-state index in [1.807, 2.05) is 6.92 Å². The fourth-order valence-electron chi connectivity index (χ4n) is 2.17. The average Bonchev–Trinajstić information content (AvgIpc) is 2.29. The number of hydrogen-bond donors (Lipinski definition) is 2. The Morgan fingerprint density at radius 3 is 2.61 bits per heavy atom. The minimum Gasteiger partial charge on any atom is -0.386 e. The topological polar surface area (TPSA) is 52.6 Å². The second kappa shape index (κ2) is 5.16. The molecule has 98 valence electrons. The molecule has 0 bridgehead atoms. The molecule has 0 atom stereocenters. The molecule has 1 aromatic rings. The maximum absolute atomic E-state index is 11.8. The van der Waals surface area contributed by atoms with Crippen LogP contribution in [0.4, 0.5) is 10.5 Å². The zero-order valence-electron chi connectivity index (χ0n) is 10.3. The first-order valence-corrected chi connectivity index (χ1v) is 6.44. The van der Waals surface area contributed by atoms with Gasteiger partial charge in [0, 0.05) is 10.7 Å². The fraction of sp³-hybridized carbons (Fsp3) is 0.462. The third-order valence-electron chi connectivity index (χ3n) is 3.07. The lowest BCUT2D eigenvalue weighted by molar-refractivity contribution is -0.0792. The van der Waals surface area contributed by atoms with Crippen molar-refractivity contribution in [3.63, 3.8) is 0 Å². The van der Waals surface area contributed by atoms with Crippen LogP contribution in [0.3, 0.4) is 0 Å². The van der Waals surface area contributed by atoms with E-state index in [1.54, 1.807) is 29.2 Å². The maximum Gasteiger partial charge on any atom is 0.322 e. The molecule has 2 rings (SSSR count). The standard InChI is InChI=1S/C13H17ClN2O2/c1-2-7-13(18)8-16(9-13)12(17)15-11-5-3-10(14)4-6-11/h3-6,18H,2,7-9H2,1H3,(H,15,17). The van der Waals surface area contributed by atoms with Gasteiger partial charge in [0.25, 0.3) is 0 Å². The quantitative estimate of drug-likeness (QED) is 0.886. The Hall–Kier alpha value is -1.26. The molecule has 1 fully saturated rings. The number of nitrogens with one attached hydrogen (secondary N) is 1. The highest BCUT2D eigenvalue weighted by Crippen LogP contribution is 2.26. The van der Waals surface area contributed by atoms with Crippen LogP contribution in [-0.2, 0) is 0 Å². The molecule has 0 aliphatic carbocycles. The summed E-state index contributed by atoms with van der Waals surface area (Å²) in [5.74, 6) is 0. The van der Waals surface area contributed by atoms with Gasteiger partial charge in [-0.1, -0.05) is 24.9 Å². The zero-order valence-corrected chi connectivity index (χ0v) is 11.1. The Balaban J connectivity index is 1.85. The molecular formula is C13H17ClN2O2. The molecule has 0 unspecified atom stereocenters. The number of likely N-dealkylation sites (tertiary alicyclic amines) is 1. The van der Waals surface area contributed by atoms with Crippen LogP contribution in [0.25, 0.3) is 0 Å². The highest BCUT2D eigenvalue weighted by molar-refractivity contribution is 6.30. The van der Waals surface area contributed by atoms with Gasteiger partial charge in [0.15, 0.2) is 0 Å². The van der Waals surface area contributed by atoms with Gasteiger partial charge in [0.2, 0.25) is 0 Å². The number of carbonyl (C=O) groups excluding carboxylic acids is 1. The Labute approximate surface area is 112 Å². The molecule has 0 radical (unpaired) electrons. The molecule has 0 saturated carbocycles.